The smallest absolute Gasteiger partial charge is 0.129 e. The van der Waals surface area contributed by atoms with Gasteiger partial charge in [-0.3, -0.25) is 4.90 Å². The normalized spacial score (nSPS) is 26.4. The molecule has 1 aromatic rings. The summed E-state index contributed by atoms with van der Waals surface area (Å²) in [4.78, 5) is 9.65. The zero-order chi connectivity index (χ0) is 11.5. The van der Waals surface area contributed by atoms with Gasteiger partial charge in [-0.2, -0.15) is 0 Å². The van der Waals surface area contributed by atoms with Gasteiger partial charge in [0.1, 0.15) is 5.82 Å². The van der Waals surface area contributed by atoms with Crippen LogP contribution in [0.1, 0.15) is 32.1 Å². The van der Waals surface area contributed by atoms with Crippen LogP contribution in [0.2, 0.25) is 0 Å². The number of hydrogen-bond acceptors (Lipinski definition) is 3. The van der Waals surface area contributed by atoms with Gasteiger partial charge in [-0.05, 0) is 37.8 Å². The van der Waals surface area contributed by atoms with Gasteiger partial charge in [0, 0.05) is 25.8 Å². The third-order valence-electron chi connectivity index (χ3n) is 3.98. The molecule has 1 unspecified atom stereocenters. The Morgan fingerprint density at radius 1 is 1.00 bits per heavy atom. The Kier molecular flexibility index (Phi) is 3.27. The van der Waals surface area contributed by atoms with Crippen molar-refractivity contribution < 1.29 is 0 Å². The minimum atomic E-state index is 0.602. The van der Waals surface area contributed by atoms with Gasteiger partial charge in [0.2, 0.25) is 0 Å². The molecule has 2 aliphatic heterocycles. The van der Waals surface area contributed by atoms with E-state index in [1.807, 2.05) is 12.3 Å². The van der Waals surface area contributed by atoms with E-state index in [2.05, 4.69) is 26.9 Å². The molecular weight excluding hydrogens is 210 g/mol. The summed E-state index contributed by atoms with van der Waals surface area (Å²) in [5.41, 5.74) is 0. The number of aromatic nitrogens is 1. The van der Waals surface area contributed by atoms with Crippen molar-refractivity contribution in [2.45, 2.75) is 38.3 Å². The highest BCUT2D eigenvalue weighted by Gasteiger charge is 2.31. The zero-order valence-electron chi connectivity index (χ0n) is 10.4. The van der Waals surface area contributed by atoms with Gasteiger partial charge in [0.15, 0.2) is 0 Å². The van der Waals surface area contributed by atoms with E-state index in [4.69, 9.17) is 0 Å². The van der Waals surface area contributed by atoms with E-state index >= 15 is 0 Å². The average Bonchev–Trinajstić information content (AvgIpc) is 2.90. The fraction of sp³-hybridized carbons (Fsp3) is 0.643. The molecule has 0 aliphatic carbocycles. The maximum atomic E-state index is 4.51. The Balaban J connectivity index is 1.75. The van der Waals surface area contributed by atoms with Crippen LogP contribution in [0.3, 0.4) is 0 Å². The van der Waals surface area contributed by atoms with E-state index in [-0.39, 0.29) is 0 Å². The van der Waals surface area contributed by atoms with Crippen molar-refractivity contribution in [2.75, 3.05) is 24.5 Å². The Morgan fingerprint density at radius 2 is 1.88 bits per heavy atom. The molecule has 3 rings (SSSR count). The Hall–Kier alpha value is -1.09. The Bertz CT molecular complexity index is 346. The first-order chi connectivity index (χ1) is 8.45. The zero-order valence-corrected chi connectivity index (χ0v) is 10.4. The molecule has 1 aromatic heterocycles. The second kappa shape index (κ2) is 5.05. The van der Waals surface area contributed by atoms with Gasteiger partial charge < -0.3 is 4.90 Å². The predicted molar refractivity (Wildman–Crippen MR) is 70.0 cm³/mol. The van der Waals surface area contributed by atoms with E-state index in [0.29, 0.717) is 6.17 Å². The number of rotatable bonds is 2. The van der Waals surface area contributed by atoms with Crippen LogP contribution in [0.25, 0.3) is 0 Å². The minimum Gasteiger partial charge on any atom is -0.341 e. The second-order valence-corrected chi connectivity index (χ2v) is 5.10. The fourth-order valence-electron chi connectivity index (χ4n) is 3.14. The lowest BCUT2D eigenvalue weighted by Gasteiger charge is -2.38. The molecule has 2 fully saturated rings. The van der Waals surface area contributed by atoms with Crippen LogP contribution < -0.4 is 4.90 Å². The molecule has 0 radical (unpaired) electrons. The van der Waals surface area contributed by atoms with Crippen molar-refractivity contribution in [3.05, 3.63) is 24.4 Å². The van der Waals surface area contributed by atoms with Crippen molar-refractivity contribution in [2.24, 2.45) is 0 Å². The van der Waals surface area contributed by atoms with E-state index in [9.17, 15) is 0 Å². The van der Waals surface area contributed by atoms with Crippen molar-refractivity contribution in [1.82, 2.24) is 9.88 Å². The number of pyridine rings is 1. The van der Waals surface area contributed by atoms with Gasteiger partial charge in [-0.15, -0.1) is 0 Å². The number of nitrogens with zero attached hydrogens (tertiary/aromatic N) is 3. The minimum absolute atomic E-state index is 0.602. The summed E-state index contributed by atoms with van der Waals surface area (Å²) in [6.45, 7) is 3.71. The van der Waals surface area contributed by atoms with Crippen LogP contribution in [-0.4, -0.2) is 35.7 Å². The van der Waals surface area contributed by atoms with Crippen molar-refractivity contribution in [1.29, 1.82) is 0 Å². The molecule has 3 heteroatoms. The van der Waals surface area contributed by atoms with Crippen molar-refractivity contribution in [3.8, 4) is 0 Å². The summed E-state index contributed by atoms with van der Waals surface area (Å²) in [5, 5.41) is 0. The molecule has 17 heavy (non-hydrogen) atoms. The molecule has 0 spiro atoms. The molecule has 0 saturated carbocycles. The molecule has 92 valence electrons. The molecule has 0 amide bonds. The maximum absolute atomic E-state index is 4.51. The maximum Gasteiger partial charge on any atom is 0.129 e. The molecule has 3 nitrogen and oxygen atoms in total. The molecular formula is C14H21N3. The van der Waals surface area contributed by atoms with Crippen molar-refractivity contribution >= 4 is 5.82 Å². The molecule has 0 N–H and O–H groups in total. The standard InChI is InChI=1S/C14H21N3/c1-4-10-16(11-5-1)14-8-6-12-17(14)13-7-2-3-9-15-13/h2-3,7,9,14H,1,4-6,8,10-12H2. The van der Waals surface area contributed by atoms with E-state index in [1.165, 1.54) is 45.2 Å². The number of hydrogen-bond donors (Lipinski definition) is 0. The summed E-state index contributed by atoms with van der Waals surface area (Å²) in [6.07, 6.45) is 9.26. The molecule has 3 heterocycles. The summed E-state index contributed by atoms with van der Waals surface area (Å²) >= 11 is 0. The third kappa shape index (κ3) is 2.29. The first-order valence-corrected chi connectivity index (χ1v) is 6.87. The van der Waals surface area contributed by atoms with Gasteiger partial charge in [-0.1, -0.05) is 12.5 Å². The Morgan fingerprint density at radius 3 is 2.65 bits per heavy atom. The van der Waals surface area contributed by atoms with Crippen LogP contribution in [-0.2, 0) is 0 Å². The van der Waals surface area contributed by atoms with Gasteiger partial charge in [-0.25, -0.2) is 4.98 Å². The molecule has 1 atom stereocenters. The second-order valence-electron chi connectivity index (χ2n) is 5.10. The molecule has 0 bridgehead atoms. The fourth-order valence-corrected chi connectivity index (χ4v) is 3.14. The predicted octanol–water partition coefficient (Wildman–Crippen LogP) is 2.49. The van der Waals surface area contributed by atoms with Crippen LogP contribution in [0.5, 0.6) is 0 Å². The SMILES string of the molecule is c1ccc(N2CCCC2N2CCCCC2)nc1. The van der Waals surface area contributed by atoms with Gasteiger partial charge in [0.05, 0.1) is 6.17 Å². The Labute approximate surface area is 103 Å². The number of anilines is 1. The van der Waals surface area contributed by atoms with Crippen LogP contribution in [0, 0.1) is 0 Å². The summed E-state index contributed by atoms with van der Waals surface area (Å²) < 4.78 is 0. The number of piperidine rings is 1. The highest BCUT2D eigenvalue weighted by atomic mass is 15.4. The summed E-state index contributed by atoms with van der Waals surface area (Å²) in [7, 11) is 0. The van der Waals surface area contributed by atoms with E-state index in [0.717, 1.165) is 12.4 Å². The molecule has 2 saturated heterocycles. The van der Waals surface area contributed by atoms with Crippen molar-refractivity contribution in [3.63, 3.8) is 0 Å². The van der Waals surface area contributed by atoms with E-state index in [1.54, 1.807) is 0 Å². The van der Waals surface area contributed by atoms with E-state index < -0.39 is 0 Å². The lowest BCUT2D eigenvalue weighted by molar-refractivity contribution is 0.167. The quantitative estimate of drug-likeness (QED) is 0.779. The summed E-state index contributed by atoms with van der Waals surface area (Å²) in [5.74, 6) is 1.15. The van der Waals surface area contributed by atoms with Gasteiger partial charge >= 0.3 is 0 Å². The largest absolute Gasteiger partial charge is 0.341 e. The average molecular weight is 231 g/mol. The lowest BCUT2D eigenvalue weighted by atomic mass is 10.1. The van der Waals surface area contributed by atoms with Crippen LogP contribution in [0.4, 0.5) is 5.82 Å². The first-order valence-electron chi connectivity index (χ1n) is 6.87. The molecule has 2 aliphatic rings. The first kappa shape index (κ1) is 11.0. The molecule has 0 aromatic carbocycles. The highest BCUT2D eigenvalue weighted by molar-refractivity contribution is 5.40. The van der Waals surface area contributed by atoms with Crippen LogP contribution in [0.15, 0.2) is 24.4 Å². The lowest BCUT2D eigenvalue weighted by Crippen LogP contribution is -2.47. The number of likely N-dealkylation sites (tertiary alicyclic amines) is 1. The van der Waals surface area contributed by atoms with Crippen LogP contribution >= 0.6 is 0 Å². The summed E-state index contributed by atoms with van der Waals surface area (Å²) in [6, 6.07) is 6.23. The van der Waals surface area contributed by atoms with Gasteiger partial charge in [0.25, 0.3) is 0 Å². The topological polar surface area (TPSA) is 19.4 Å². The monoisotopic (exact) mass is 231 g/mol. The third-order valence-corrected chi connectivity index (χ3v) is 3.98. The highest BCUT2D eigenvalue weighted by Crippen LogP contribution is 2.27.